The number of carbonyl (C=O) groups is 1. The Morgan fingerprint density at radius 2 is 2.14 bits per heavy atom. The van der Waals surface area contributed by atoms with Gasteiger partial charge < -0.3 is 5.32 Å². The molecule has 0 atom stereocenters. The zero-order valence-electron chi connectivity index (χ0n) is 7.51. The van der Waals surface area contributed by atoms with E-state index in [1.54, 1.807) is 0 Å². The minimum atomic E-state index is -4.49. The monoisotopic (exact) mass is 207 g/mol. The first-order valence-corrected chi connectivity index (χ1v) is 3.69. The summed E-state index contributed by atoms with van der Waals surface area (Å²) in [5.74, 6) is -0.643. The second kappa shape index (κ2) is 3.32. The van der Waals surface area contributed by atoms with Crippen LogP contribution in [0.25, 0.3) is 0 Å². The number of halogens is 3. The first kappa shape index (κ1) is 10.6. The van der Waals surface area contributed by atoms with Gasteiger partial charge in [-0.2, -0.15) is 18.3 Å². The maximum atomic E-state index is 12.2. The van der Waals surface area contributed by atoms with Gasteiger partial charge in [-0.1, -0.05) is 0 Å². The lowest BCUT2D eigenvalue weighted by molar-refractivity contribution is -0.143. The van der Waals surface area contributed by atoms with Crippen molar-refractivity contribution in [3.05, 3.63) is 17.5 Å². The van der Waals surface area contributed by atoms with Gasteiger partial charge in [0.2, 0.25) is 0 Å². The van der Waals surface area contributed by atoms with Crippen LogP contribution in [0.3, 0.4) is 0 Å². The maximum absolute atomic E-state index is 12.2. The van der Waals surface area contributed by atoms with Crippen molar-refractivity contribution in [1.29, 1.82) is 0 Å². The van der Waals surface area contributed by atoms with Crippen LogP contribution in [0.2, 0.25) is 0 Å². The molecular formula is C7H8F3N3O. The lowest BCUT2D eigenvalue weighted by Crippen LogP contribution is -2.18. The van der Waals surface area contributed by atoms with Gasteiger partial charge in [0.1, 0.15) is 5.69 Å². The van der Waals surface area contributed by atoms with E-state index in [9.17, 15) is 18.0 Å². The SMILES string of the molecule is CNC(=O)c1cc(C(F)(F)F)n(C)n1. The Hall–Kier alpha value is -1.53. The molecule has 0 saturated carbocycles. The highest BCUT2D eigenvalue weighted by Gasteiger charge is 2.35. The third kappa shape index (κ3) is 1.86. The molecule has 1 heterocycles. The average Bonchev–Trinajstić information content (AvgIpc) is 2.45. The van der Waals surface area contributed by atoms with Crippen LogP contribution in [0.15, 0.2) is 6.07 Å². The van der Waals surface area contributed by atoms with Crippen LogP contribution in [0.1, 0.15) is 16.2 Å². The normalized spacial score (nSPS) is 11.5. The van der Waals surface area contributed by atoms with Crippen LogP contribution in [-0.4, -0.2) is 22.7 Å². The molecule has 0 aliphatic rings. The van der Waals surface area contributed by atoms with Crippen LogP contribution in [0.4, 0.5) is 13.2 Å². The number of nitrogens with zero attached hydrogens (tertiary/aromatic N) is 2. The number of alkyl halides is 3. The minimum absolute atomic E-state index is 0.248. The van der Waals surface area contributed by atoms with E-state index in [4.69, 9.17) is 0 Å². The first-order valence-electron chi connectivity index (χ1n) is 3.69. The predicted molar refractivity (Wildman–Crippen MR) is 41.6 cm³/mol. The van der Waals surface area contributed by atoms with E-state index in [0.29, 0.717) is 10.7 Å². The summed E-state index contributed by atoms with van der Waals surface area (Å²) >= 11 is 0. The van der Waals surface area contributed by atoms with Gasteiger partial charge in [-0.15, -0.1) is 0 Å². The Balaban J connectivity index is 3.12. The molecule has 4 nitrogen and oxygen atoms in total. The van der Waals surface area contributed by atoms with Gasteiger partial charge in [0, 0.05) is 20.2 Å². The van der Waals surface area contributed by atoms with E-state index in [2.05, 4.69) is 10.4 Å². The lowest BCUT2D eigenvalue weighted by Gasteiger charge is -2.04. The van der Waals surface area contributed by atoms with E-state index in [1.165, 1.54) is 7.05 Å². The highest BCUT2D eigenvalue weighted by atomic mass is 19.4. The summed E-state index contributed by atoms with van der Waals surface area (Å²) < 4.78 is 37.3. The number of hydrogen-bond donors (Lipinski definition) is 1. The fraction of sp³-hybridized carbons (Fsp3) is 0.429. The number of hydrogen-bond acceptors (Lipinski definition) is 2. The molecule has 1 aromatic heterocycles. The lowest BCUT2D eigenvalue weighted by atomic mass is 10.3. The van der Waals surface area contributed by atoms with Crippen LogP contribution < -0.4 is 5.32 Å². The largest absolute Gasteiger partial charge is 0.433 e. The summed E-state index contributed by atoms with van der Waals surface area (Å²) in [6.07, 6.45) is -4.49. The van der Waals surface area contributed by atoms with Gasteiger partial charge in [-0.3, -0.25) is 9.48 Å². The summed E-state index contributed by atoms with van der Waals surface area (Å²) in [6.45, 7) is 0. The van der Waals surface area contributed by atoms with Gasteiger partial charge >= 0.3 is 6.18 Å². The highest BCUT2D eigenvalue weighted by Crippen LogP contribution is 2.29. The van der Waals surface area contributed by atoms with Crippen molar-refractivity contribution in [1.82, 2.24) is 15.1 Å². The fourth-order valence-corrected chi connectivity index (χ4v) is 0.972. The van der Waals surface area contributed by atoms with E-state index >= 15 is 0 Å². The van der Waals surface area contributed by atoms with Gasteiger partial charge in [-0.25, -0.2) is 0 Å². The molecule has 1 amide bonds. The van der Waals surface area contributed by atoms with E-state index in [1.807, 2.05) is 0 Å². The van der Waals surface area contributed by atoms with Crippen molar-refractivity contribution in [2.24, 2.45) is 7.05 Å². The number of aryl methyl sites for hydroxylation is 1. The van der Waals surface area contributed by atoms with E-state index in [-0.39, 0.29) is 5.69 Å². The van der Waals surface area contributed by atoms with Gasteiger partial charge in [0.25, 0.3) is 5.91 Å². The van der Waals surface area contributed by atoms with Crippen molar-refractivity contribution < 1.29 is 18.0 Å². The number of rotatable bonds is 1. The Labute approximate surface area is 77.7 Å². The van der Waals surface area contributed by atoms with Crippen LogP contribution in [0, 0.1) is 0 Å². The number of aromatic nitrogens is 2. The summed E-state index contributed by atoms with van der Waals surface area (Å²) in [5.41, 5.74) is -1.20. The van der Waals surface area contributed by atoms with Gasteiger partial charge in [0.15, 0.2) is 5.69 Å². The molecule has 0 aliphatic heterocycles. The first-order chi connectivity index (χ1) is 6.36. The van der Waals surface area contributed by atoms with Gasteiger partial charge in [0.05, 0.1) is 0 Å². The molecule has 1 aromatic rings. The standard InChI is InChI=1S/C7H8F3N3O/c1-11-6(14)4-3-5(7(8,9)10)13(2)12-4/h3H,1-2H3,(H,11,14). The quantitative estimate of drug-likeness (QED) is 0.740. The highest BCUT2D eigenvalue weighted by molar-refractivity contribution is 5.92. The number of carbonyl (C=O) groups excluding carboxylic acids is 1. The molecule has 0 aromatic carbocycles. The average molecular weight is 207 g/mol. The Morgan fingerprint density at radius 1 is 1.57 bits per heavy atom. The molecule has 0 spiro atoms. The van der Waals surface area contributed by atoms with Gasteiger partial charge in [-0.05, 0) is 0 Å². The van der Waals surface area contributed by atoms with Crippen LogP contribution in [-0.2, 0) is 13.2 Å². The predicted octanol–water partition coefficient (Wildman–Crippen LogP) is 0.798. The van der Waals surface area contributed by atoms with Crippen molar-refractivity contribution >= 4 is 5.91 Å². The zero-order chi connectivity index (χ0) is 10.9. The zero-order valence-corrected chi connectivity index (χ0v) is 7.51. The molecular weight excluding hydrogens is 199 g/mol. The summed E-state index contributed by atoms with van der Waals surface area (Å²) in [4.78, 5) is 11.0. The summed E-state index contributed by atoms with van der Waals surface area (Å²) in [7, 11) is 2.46. The second-order valence-corrected chi connectivity index (χ2v) is 2.62. The smallest absolute Gasteiger partial charge is 0.354 e. The van der Waals surface area contributed by atoms with Crippen molar-refractivity contribution in [3.63, 3.8) is 0 Å². The Kier molecular flexibility index (Phi) is 2.50. The molecule has 0 bridgehead atoms. The molecule has 0 radical (unpaired) electrons. The Bertz CT molecular complexity index is 356. The molecule has 0 aliphatic carbocycles. The third-order valence-electron chi connectivity index (χ3n) is 1.63. The number of nitrogens with one attached hydrogen (secondary N) is 1. The minimum Gasteiger partial charge on any atom is -0.354 e. The molecule has 7 heteroatoms. The molecule has 14 heavy (non-hydrogen) atoms. The molecule has 0 unspecified atom stereocenters. The van der Waals surface area contributed by atoms with E-state index < -0.39 is 17.8 Å². The van der Waals surface area contributed by atoms with Crippen molar-refractivity contribution in [2.75, 3.05) is 7.05 Å². The summed E-state index contributed by atoms with van der Waals surface area (Å²) in [5, 5.41) is 5.62. The third-order valence-corrected chi connectivity index (χ3v) is 1.63. The molecule has 0 fully saturated rings. The van der Waals surface area contributed by atoms with E-state index in [0.717, 1.165) is 7.05 Å². The van der Waals surface area contributed by atoms with Crippen molar-refractivity contribution in [2.45, 2.75) is 6.18 Å². The molecule has 0 saturated heterocycles. The van der Waals surface area contributed by atoms with Crippen LogP contribution in [0.5, 0.6) is 0 Å². The fourth-order valence-electron chi connectivity index (χ4n) is 0.972. The second-order valence-electron chi connectivity index (χ2n) is 2.62. The van der Waals surface area contributed by atoms with Crippen molar-refractivity contribution in [3.8, 4) is 0 Å². The summed E-state index contributed by atoms with van der Waals surface area (Å²) in [6, 6.07) is 0.707. The van der Waals surface area contributed by atoms with Crippen LogP contribution >= 0.6 is 0 Å². The molecule has 1 rings (SSSR count). The number of amides is 1. The maximum Gasteiger partial charge on any atom is 0.433 e. The molecule has 1 N–H and O–H groups in total. The Morgan fingerprint density at radius 3 is 2.50 bits per heavy atom. The molecule has 78 valence electrons. The topological polar surface area (TPSA) is 46.9 Å².